The van der Waals surface area contributed by atoms with Crippen molar-refractivity contribution in [3.8, 4) is 5.75 Å². The van der Waals surface area contributed by atoms with Crippen LogP contribution < -0.4 is 5.32 Å². The quantitative estimate of drug-likeness (QED) is 0.814. The zero-order valence-electron chi connectivity index (χ0n) is 10.2. The molecule has 0 atom stereocenters. The van der Waals surface area contributed by atoms with Crippen LogP contribution in [0.4, 0.5) is 0 Å². The van der Waals surface area contributed by atoms with Gasteiger partial charge in [0, 0.05) is 44.0 Å². The van der Waals surface area contributed by atoms with E-state index in [1.54, 1.807) is 12.3 Å². The van der Waals surface area contributed by atoms with E-state index < -0.39 is 0 Å². The van der Waals surface area contributed by atoms with E-state index in [9.17, 15) is 5.11 Å². The standard InChI is InChI=1S/C13H16ClN3O/c1-17-11(6-8-16-17)5-7-15-9-10-3-2-4-12(14)13(10)18/h2-4,6,8,15,18H,5,7,9H2,1H3. The second-order valence-corrected chi connectivity index (χ2v) is 4.53. The maximum Gasteiger partial charge on any atom is 0.138 e. The summed E-state index contributed by atoms with van der Waals surface area (Å²) in [4.78, 5) is 0. The maximum absolute atomic E-state index is 9.74. The van der Waals surface area contributed by atoms with Crippen LogP contribution in [0.5, 0.6) is 5.75 Å². The molecular weight excluding hydrogens is 250 g/mol. The van der Waals surface area contributed by atoms with Crippen LogP contribution in [0.25, 0.3) is 0 Å². The Kier molecular flexibility index (Phi) is 4.23. The number of rotatable bonds is 5. The highest BCUT2D eigenvalue weighted by Crippen LogP contribution is 2.26. The first-order chi connectivity index (χ1) is 8.68. The number of nitrogens with zero attached hydrogens (tertiary/aromatic N) is 2. The van der Waals surface area contributed by atoms with E-state index in [4.69, 9.17) is 11.6 Å². The Morgan fingerprint density at radius 3 is 2.94 bits per heavy atom. The third kappa shape index (κ3) is 3.03. The number of phenols is 1. The van der Waals surface area contributed by atoms with Crippen LogP contribution in [-0.2, 0) is 20.0 Å². The molecular formula is C13H16ClN3O. The van der Waals surface area contributed by atoms with Crippen molar-refractivity contribution < 1.29 is 5.11 Å². The lowest BCUT2D eigenvalue weighted by atomic mass is 10.2. The number of para-hydroxylation sites is 1. The Morgan fingerprint density at radius 2 is 2.22 bits per heavy atom. The number of benzene rings is 1. The maximum atomic E-state index is 9.74. The zero-order chi connectivity index (χ0) is 13.0. The molecule has 18 heavy (non-hydrogen) atoms. The van der Waals surface area contributed by atoms with Gasteiger partial charge in [-0.15, -0.1) is 0 Å². The van der Waals surface area contributed by atoms with Crippen LogP contribution in [0, 0.1) is 0 Å². The van der Waals surface area contributed by atoms with E-state index in [0.29, 0.717) is 11.6 Å². The largest absolute Gasteiger partial charge is 0.506 e. The molecule has 1 aromatic carbocycles. The van der Waals surface area contributed by atoms with Crippen LogP contribution in [0.2, 0.25) is 5.02 Å². The predicted octanol–water partition coefficient (Wildman–Crippen LogP) is 2.11. The number of phenolic OH excluding ortho intramolecular Hbond substituents is 1. The first kappa shape index (κ1) is 12.9. The molecule has 0 bridgehead atoms. The van der Waals surface area contributed by atoms with Gasteiger partial charge in [-0.2, -0.15) is 5.10 Å². The molecule has 4 nitrogen and oxygen atoms in total. The lowest BCUT2D eigenvalue weighted by molar-refractivity contribution is 0.464. The molecule has 1 aromatic heterocycles. The summed E-state index contributed by atoms with van der Waals surface area (Å²) < 4.78 is 1.86. The third-order valence-electron chi connectivity index (χ3n) is 2.87. The summed E-state index contributed by atoms with van der Waals surface area (Å²) in [5, 5.41) is 17.5. The lowest BCUT2D eigenvalue weighted by Gasteiger charge is -2.08. The van der Waals surface area contributed by atoms with Gasteiger partial charge in [0.25, 0.3) is 0 Å². The SMILES string of the molecule is Cn1nccc1CCNCc1cccc(Cl)c1O. The van der Waals surface area contributed by atoms with E-state index in [0.717, 1.165) is 18.5 Å². The number of halogens is 1. The molecule has 1 heterocycles. The summed E-state index contributed by atoms with van der Waals surface area (Å²) in [6.45, 7) is 1.43. The van der Waals surface area contributed by atoms with E-state index in [2.05, 4.69) is 10.4 Å². The summed E-state index contributed by atoms with van der Waals surface area (Å²) in [5.74, 6) is 0.159. The fraction of sp³-hybridized carbons (Fsp3) is 0.308. The van der Waals surface area contributed by atoms with Gasteiger partial charge in [-0.25, -0.2) is 0 Å². The molecule has 0 saturated carbocycles. The van der Waals surface area contributed by atoms with Crippen molar-refractivity contribution in [1.82, 2.24) is 15.1 Å². The van der Waals surface area contributed by atoms with Crippen LogP contribution >= 0.6 is 11.6 Å². The molecule has 0 fully saturated rings. The highest BCUT2D eigenvalue weighted by molar-refractivity contribution is 6.32. The van der Waals surface area contributed by atoms with Crippen molar-refractivity contribution in [3.63, 3.8) is 0 Å². The third-order valence-corrected chi connectivity index (χ3v) is 3.17. The second kappa shape index (κ2) is 5.89. The highest BCUT2D eigenvalue weighted by Gasteiger charge is 2.04. The minimum Gasteiger partial charge on any atom is -0.506 e. The van der Waals surface area contributed by atoms with E-state index in [1.807, 2.05) is 29.9 Å². The Hall–Kier alpha value is -1.52. The van der Waals surface area contributed by atoms with Gasteiger partial charge in [-0.05, 0) is 12.1 Å². The summed E-state index contributed by atoms with van der Waals surface area (Å²) in [6.07, 6.45) is 2.69. The van der Waals surface area contributed by atoms with Crippen molar-refractivity contribution in [2.45, 2.75) is 13.0 Å². The molecule has 2 rings (SSSR count). The van der Waals surface area contributed by atoms with Crippen molar-refractivity contribution >= 4 is 11.6 Å². The number of aryl methyl sites for hydroxylation is 1. The lowest BCUT2D eigenvalue weighted by Crippen LogP contribution is -2.18. The molecule has 0 amide bonds. The van der Waals surface area contributed by atoms with E-state index >= 15 is 0 Å². The van der Waals surface area contributed by atoms with Crippen molar-refractivity contribution in [3.05, 3.63) is 46.7 Å². The Balaban J connectivity index is 1.82. The average Bonchev–Trinajstić information content (AvgIpc) is 2.76. The van der Waals surface area contributed by atoms with Gasteiger partial charge in [0.1, 0.15) is 5.75 Å². The van der Waals surface area contributed by atoms with Gasteiger partial charge in [-0.3, -0.25) is 4.68 Å². The molecule has 5 heteroatoms. The van der Waals surface area contributed by atoms with Crippen LogP contribution in [0.15, 0.2) is 30.5 Å². The van der Waals surface area contributed by atoms with E-state index in [1.165, 1.54) is 5.69 Å². The molecule has 2 aromatic rings. The number of aromatic nitrogens is 2. The first-order valence-corrected chi connectivity index (χ1v) is 6.20. The topological polar surface area (TPSA) is 50.1 Å². The predicted molar refractivity (Wildman–Crippen MR) is 71.7 cm³/mol. The first-order valence-electron chi connectivity index (χ1n) is 5.82. The Labute approximate surface area is 111 Å². The molecule has 96 valence electrons. The summed E-state index contributed by atoms with van der Waals surface area (Å²) in [5.41, 5.74) is 1.99. The van der Waals surface area contributed by atoms with Crippen molar-refractivity contribution in [2.75, 3.05) is 6.54 Å². The van der Waals surface area contributed by atoms with Gasteiger partial charge >= 0.3 is 0 Å². The second-order valence-electron chi connectivity index (χ2n) is 4.12. The number of hydrogen-bond donors (Lipinski definition) is 2. The number of nitrogens with one attached hydrogen (secondary N) is 1. The highest BCUT2D eigenvalue weighted by atomic mass is 35.5. The normalized spacial score (nSPS) is 10.8. The van der Waals surface area contributed by atoms with Gasteiger partial charge < -0.3 is 10.4 Å². The smallest absolute Gasteiger partial charge is 0.138 e. The molecule has 0 saturated heterocycles. The average molecular weight is 266 g/mol. The van der Waals surface area contributed by atoms with Crippen LogP contribution in [0.3, 0.4) is 0 Å². The minimum atomic E-state index is 0.159. The van der Waals surface area contributed by atoms with Gasteiger partial charge in [0.2, 0.25) is 0 Å². The van der Waals surface area contributed by atoms with Crippen LogP contribution in [0.1, 0.15) is 11.3 Å². The Morgan fingerprint density at radius 1 is 1.39 bits per heavy atom. The number of aromatic hydroxyl groups is 1. The monoisotopic (exact) mass is 265 g/mol. The van der Waals surface area contributed by atoms with Gasteiger partial charge in [-0.1, -0.05) is 23.7 Å². The fourth-order valence-corrected chi connectivity index (χ4v) is 1.98. The molecule has 0 unspecified atom stereocenters. The fourth-order valence-electron chi connectivity index (χ4n) is 1.79. The number of hydrogen-bond acceptors (Lipinski definition) is 3. The molecule has 0 aliphatic rings. The zero-order valence-corrected chi connectivity index (χ0v) is 11.0. The summed E-state index contributed by atoms with van der Waals surface area (Å²) >= 11 is 5.84. The minimum absolute atomic E-state index is 0.159. The van der Waals surface area contributed by atoms with Crippen molar-refractivity contribution in [2.24, 2.45) is 7.05 Å². The molecule has 0 aliphatic heterocycles. The molecule has 0 aliphatic carbocycles. The summed E-state index contributed by atoms with van der Waals surface area (Å²) in [7, 11) is 1.93. The summed E-state index contributed by atoms with van der Waals surface area (Å²) in [6, 6.07) is 7.37. The van der Waals surface area contributed by atoms with Gasteiger partial charge in [0.05, 0.1) is 5.02 Å². The molecule has 0 radical (unpaired) electrons. The van der Waals surface area contributed by atoms with Crippen LogP contribution in [-0.4, -0.2) is 21.4 Å². The molecule has 0 spiro atoms. The Bertz CT molecular complexity index is 525. The van der Waals surface area contributed by atoms with Crippen molar-refractivity contribution in [1.29, 1.82) is 0 Å². The van der Waals surface area contributed by atoms with E-state index in [-0.39, 0.29) is 5.75 Å². The molecule has 2 N–H and O–H groups in total. The van der Waals surface area contributed by atoms with Gasteiger partial charge in [0.15, 0.2) is 0 Å².